The van der Waals surface area contributed by atoms with Gasteiger partial charge in [-0.05, 0) is 37.1 Å². The van der Waals surface area contributed by atoms with Gasteiger partial charge in [-0.15, -0.1) is 0 Å². The lowest BCUT2D eigenvalue weighted by atomic mass is 10.1. The average molecular weight is 406 g/mol. The van der Waals surface area contributed by atoms with Crippen molar-refractivity contribution in [3.8, 4) is 11.4 Å². The standard InChI is InChI=1S/C23H20ClN3O2/c1-26-18-13-7-5-11-16(18)20(28)19-22(26)25-21(15-10-4-6-12-17(15)24)27(23(19)29)14-8-2-3-9-14/h4-7,10-14H,2-3,8-9H2,1H3. The van der Waals surface area contributed by atoms with Gasteiger partial charge >= 0.3 is 0 Å². The van der Waals surface area contributed by atoms with Crippen molar-refractivity contribution < 1.29 is 0 Å². The number of aryl methyl sites for hydroxylation is 1. The number of aromatic nitrogens is 3. The van der Waals surface area contributed by atoms with E-state index in [4.69, 9.17) is 16.6 Å². The molecule has 0 aliphatic heterocycles. The van der Waals surface area contributed by atoms with Crippen LogP contribution >= 0.6 is 11.6 Å². The molecule has 0 radical (unpaired) electrons. The Morgan fingerprint density at radius 1 is 1.00 bits per heavy atom. The van der Waals surface area contributed by atoms with Gasteiger partial charge in [0, 0.05) is 24.0 Å². The zero-order chi connectivity index (χ0) is 20.1. The van der Waals surface area contributed by atoms with Crippen molar-refractivity contribution in [3.63, 3.8) is 0 Å². The Balaban J connectivity index is 1.99. The molecule has 1 saturated carbocycles. The van der Waals surface area contributed by atoms with Crippen molar-refractivity contribution in [2.75, 3.05) is 0 Å². The molecule has 0 N–H and O–H groups in total. The third-order valence-electron chi connectivity index (χ3n) is 5.96. The van der Waals surface area contributed by atoms with Gasteiger partial charge in [-0.3, -0.25) is 14.2 Å². The molecule has 0 spiro atoms. The Labute approximate surface area is 172 Å². The minimum Gasteiger partial charge on any atom is -0.328 e. The molecule has 1 aliphatic rings. The monoisotopic (exact) mass is 405 g/mol. The first-order chi connectivity index (χ1) is 14.1. The summed E-state index contributed by atoms with van der Waals surface area (Å²) in [6.45, 7) is 0. The van der Waals surface area contributed by atoms with E-state index in [1.165, 1.54) is 0 Å². The molecule has 0 amide bonds. The minimum atomic E-state index is -0.275. The van der Waals surface area contributed by atoms with Gasteiger partial charge in [0.15, 0.2) is 5.65 Å². The molecule has 0 saturated heterocycles. The van der Waals surface area contributed by atoms with Crippen LogP contribution in [0, 0.1) is 0 Å². The number of hydrogen-bond acceptors (Lipinski definition) is 3. The molecule has 0 unspecified atom stereocenters. The van der Waals surface area contributed by atoms with Crippen molar-refractivity contribution >= 4 is 33.5 Å². The van der Waals surface area contributed by atoms with Gasteiger partial charge < -0.3 is 4.57 Å². The van der Waals surface area contributed by atoms with Crippen LogP contribution in [0.2, 0.25) is 5.02 Å². The third-order valence-corrected chi connectivity index (χ3v) is 6.29. The highest BCUT2D eigenvalue weighted by Gasteiger charge is 2.26. The molecule has 5 nitrogen and oxygen atoms in total. The summed E-state index contributed by atoms with van der Waals surface area (Å²) >= 11 is 6.48. The lowest BCUT2D eigenvalue weighted by Crippen LogP contribution is -2.31. The van der Waals surface area contributed by atoms with Crippen LogP contribution in [0.5, 0.6) is 0 Å². The summed E-state index contributed by atoms with van der Waals surface area (Å²) in [6, 6.07) is 14.8. The molecule has 2 aromatic carbocycles. The molecular formula is C23H20ClN3O2. The van der Waals surface area contributed by atoms with Crippen molar-refractivity contribution in [3.05, 3.63) is 74.1 Å². The molecule has 1 aliphatic carbocycles. The van der Waals surface area contributed by atoms with E-state index in [2.05, 4.69) is 0 Å². The van der Waals surface area contributed by atoms with Crippen LogP contribution in [0.15, 0.2) is 58.1 Å². The number of para-hydroxylation sites is 1. The number of benzene rings is 2. The van der Waals surface area contributed by atoms with Gasteiger partial charge in [-0.2, -0.15) is 0 Å². The van der Waals surface area contributed by atoms with E-state index in [0.29, 0.717) is 27.4 Å². The van der Waals surface area contributed by atoms with Gasteiger partial charge in [0.05, 0.1) is 10.5 Å². The Morgan fingerprint density at radius 3 is 2.45 bits per heavy atom. The molecule has 0 atom stereocenters. The topological polar surface area (TPSA) is 56.9 Å². The first-order valence-corrected chi connectivity index (χ1v) is 10.2. The van der Waals surface area contributed by atoms with E-state index in [0.717, 1.165) is 31.2 Å². The van der Waals surface area contributed by atoms with E-state index in [9.17, 15) is 9.59 Å². The van der Waals surface area contributed by atoms with Gasteiger partial charge in [-0.25, -0.2) is 4.98 Å². The quantitative estimate of drug-likeness (QED) is 0.455. The molecule has 1 fully saturated rings. The maximum Gasteiger partial charge on any atom is 0.267 e. The van der Waals surface area contributed by atoms with Crippen LogP contribution < -0.4 is 11.0 Å². The number of nitrogens with zero attached hydrogens (tertiary/aromatic N) is 3. The normalized spacial score (nSPS) is 14.8. The highest BCUT2D eigenvalue weighted by atomic mass is 35.5. The maximum atomic E-state index is 13.7. The largest absolute Gasteiger partial charge is 0.328 e. The lowest BCUT2D eigenvalue weighted by Gasteiger charge is -2.21. The fraction of sp³-hybridized carbons (Fsp3) is 0.261. The predicted molar refractivity (Wildman–Crippen MR) is 117 cm³/mol. The first-order valence-electron chi connectivity index (χ1n) is 9.87. The summed E-state index contributed by atoms with van der Waals surface area (Å²) in [6.07, 6.45) is 3.93. The number of hydrogen-bond donors (Lipinski definition) is 0. The molecule has 0 bridgehead atoms. The summed E-state index contributed by atoms with van der Waals surface area (Å²) in [5, 5.41) is 1.22. The third kappa shape index (κ3) is 2.72. The van der Waals surface area contributed by atoms with Gasteiger partial charge in [0.1, 0.15) is 11.2 Å². The second-order valence-corrected chi connectivity index (χ2v) is 8.04. The summed E-state index contributed by atoms with van der Waals surface area (Å²) in [5.41, 5.74) is 1.32. The Morgan fingerprint density at radius 2 is 1.69 bits per heavy atom. The van der Waals surface area contributed by atoms with Crippen LogP contribution in [0.4, 0.5) is 0 Å². The smallest absolute Gasteiger partial charge is 0.267 e. The maximum absolute atomic E-state index is 13.7. The van der Waals surface area contributed by atoms with E-state index < -0.39 is 0 Å². The van der Waals surface area contributed by atoms with Crippen LogP contribution in [0.25, 0.3) is 33.3 Å². The molecule has 2 heterocycles. The second kappa shape index (κ2) is 6.85. The highest BCUT2D eigenvalue weighted by Crippen LogP contribution is 2.34. The van der Waals surface area contributed by atoms with E-state index in [1.807, 2.05) is 48.0 Å². The molecule has 6 heteroatoms. The van der Waals surface area contributed by atoms with E-state index in [1.54, 1.807) is 16.7 Å². The lowest BCUT2D eigenvalue weighted by molar-refractivity contribution is 0.504. The fourth-order valence-electron chi connectivity index (χ4n) is 4.50. The van der Waals surface area contributed by atoms with Crippen molar-refractivity contribution in [2.24, 2.45) is 7.05 Å². The predicted octanol–water partition coefficient (Wildman–Crippen LogP) is 4.68. The van der Waals surface area contributed by atoms with E-state index >= 15 is 0 Å². The molecule has 4 aromatic rings. The summed E-state index contributed by atoms with van der Waals surface area (Å²) in [5.74, 6) is 0.533. The second-order valence-electron chi connectivity index (χ2n) is 7.63. The van der Waals surface area contributed by atoms with Crippen molar-refractivity contribution in [2.45, 2.75) is 31.7 Å². The zero-order valence-corrected chi connectivity index (χ0v) is 16.8. The fourth-order valence-corrected chi connectivity index (χ4v) is 4.72. The van der Waals surface area contributed by atoms with Crippen LogP contribution in [0.3, 0.4) is 0 Å². The number of rotatable bonds is 2. The molecule has 5 rings (SSSR count). The number of halogens is 1. The molecular weight excluding hydrogens is 386 g/mol. The van der Waals surface area contributed by atoms with Crippen molar-refractivity contribution in [1.29, 1.82) is 0 Å². The Kier molecular flexibility index (Phi) is 4.28. The SMILES string of the molecule is Cn1c2ccccc2c(=O)c2c(=O)n(C3CCCC3)c(-c3ccccc3Cl)nc21. The molecule has 2 aromatic heterocycles. The zero-order valence-electron chi connectivity index (χ0n) is 16.1. The number of pyridine rings is 1. The average Bonchev–Trinajstić information content (AvgIpc) is 3.26. The summed E-state index contributed by atoms with van der Waals surface area (Å²) in [7, 11) is 1.84. The highest BCUT2D eigenvalue weighted by molar-refractivity contribution is 6.33. The molecule has 146 valence electrons. The Bertz CT molecular complexity index is 1380. The van der Waals surface area contributed by atoms with Crippen LogP contribution in [-0.4, -0.2) is 14.1 Å². The summed E-state index contributed by atoms with van der Waals surface area (Å²) < 4.78 is 3.54. The van der Waals surface area contributed by atoms with Crippen LogP contribution in [0.1, 0.15) is 31.7 Å². The van der Waals surface area contributed by atoms with Gasteiger partial charge in [-0.1, -0.05) is 48.7 Å². The summed E-state index contributed by atoms with van der Waals surface area (Å²) in [4.78, 5) is 31.8. The van der Waals surface area contributed by atoms with Crippen molar-refractivity contribution in [1.82, 2.24) is 14.1 Å². The van der Waals surface area contributed by atoms with Gasteiger partial charge in [0.2, 0.25) is 5.43 Å². The first kappa shape index (κ1) is 18.1. The minimum absolute atomic E-state index is 0.0295. The van der Waals surface area contributed by atoms with E-state index in [-0.39, 0.29) is 22.4 Å². The number of fused-ring (bicyclic) bond motifs is 2. The van der Waals surface area contributed by atoms with Gasteiger partial charge in [0.25, 0.3) is 5.56 Å². The Hall–Kier alpha value is -2.92. The molecule has 29 heavy (non-hydrogen) atoms. The van der Waals surface area contributed by atoms with Crippen LogP contribution in [-0.2, 0) is 7.05 Å².